The Morgan fingerprint density at radius 3 is 2.47 bits per heavy atom. The smallest absolute Gasteiger partial charge is 0.0778 e. The zero-order valence-electron chi connectivity index (χ0n) is 11.2. The van der Waals surface area contributed by atoms with Crippen LogP contribution in [0.2, 0.25) is 0 Å². The fourth-order valence-electron chi connectivity index (χ4n) is 3.20. The minimum absolute atomic E-state index is 0.444. The molecule has 2 N–H and O–H groups in total. The molecule has 2 fully saturated rings. The van der Waals surface area contributed by atoms with Crippen LogP contribution >= 0.6 is 15.9 Å². The van der Waals surface area contributed by atoms with Crippen molar-refractivity contribution < 1.29 is 0 Å². The molecule has 3 nitrogen and oxygen atoms in total. The molecule has 0 radical (unpaired) electrons. The molecule has 0 bridgehead atoms. The first-order valence-corrected chi connectivity index (χ1v) is 8.14. The number of nitrogens with zero attached hydrogens (tertiary/aromatic N) is 1. The lowest BCUT2D eigenvalue weighted by atomic mass is 9.88. The Labute approximate surface area is 123 Å². The van der Waals surface area contributed by atoms with Crippen LogP contribution in [0.3, 0.4) is 0 Å². The number of piperidine rings is 1. The van der Waals surface area contributed by atoms with Crippen LogP contribution in [0.25, 0.3) is 0 Å². The predicted octanol–water partition coefficient (Wildman–Crippen LogP) is 2.49. The van der Waals surface area contributed by atoms with Gasteiger partial charge in [0.25, 0.3) is 0 Å². The van der Waals surface area contributed by atoms with Gasteiger partial charge in [0.05, 0.1) is 4.95 Å². The molecular weight excluding hydrogens is 302 g/mol. The Bertz CT molecular complexity index is 390. The molecule has 0 saturated carbocycles. The van der Waals surface area contributed by atoms with Gasteiger partial charge in [-0.2, -0.15) is 0 Å². The Balaban J connectivity index is 1.47. The summed E-state index contributed by atoms with van der Waals surface area (Å²) in [5.41, 5.74) is 8.13. The van der Waals surface area contributed by atoms with Gasteiger partial charge in [-0.1, -0.05) is 46.3 Å². The van der Waals surface area contributed by atoms with Crippen LogP contribution in [-0.2, 0) is 6.54 Å². The van der Waals surface area contributed by atoms with E-state index >= 15 is 0 Å². The van der Waals surface area contributed by atoms with E-state index in [1.807, 2.05) is 0 Å². The number of halogens is 1. The monoisotopic (exact) mass is 323 g/mol. The molecule has 2 unspecified atom stereocenters. The van der Waals surface area contributed by atoms with Gasteiger partial charge in [0.2, 0.25) is 0 Å². The van der Waals surface area contributed by atoms with Crippen LogP contribution in [0.15, 0.2) is 30.3 Å². The highest BCUT2D eigenvalue weighted by Gasteiger charge is 2.31. The van der Waals surface area contributed by atoms with E-state index in [-0.39, 0.29) is 0 Å². The number of alkyl halides is 1. The van der Waals surface area contributed by atoms with Gasteiger partial charge >= 0.3 is 0 Å². The quantitative estimate of drug-likeness (QED) is 0.661. The van der Waals surface area contributed by atoms with Crippen LogP contribution in [0.5, 0.6) is 0 Å². The average molecular weight is 324 g/mol. The van der Waals surface area contributed by atoms with E-state index in [0.29, 0.717) is 11.0 Å². The van der Waals surface area contributed by atoms with E-state index in [9.17, 15) is 0 Å². The third kappa shape index (κ3) is 3.57. The summed E-state index contributed by atoms with van der Waals surface area (Å²) in [6.07, 6.45) is 3.82. The summed E-state index contributed by atoms with van der Waals surface area (Å²) in [5.74, 6) is 0.821. The molecule has 104 valence electrons. The van der Waals surface area contributed by atoms with E-state index in [0.717, 1.165) is 12.5 Å². The Morgan fingerprint density at radius 1 is 1.11 bits per heavy atom. The summed E-state index contributed by atoms with van der Waals surface area (Å²) in [6.45, 7) is 3.56. The minimum Gasteiger partial charge on any atom is -0.299 e. The molecule has 2 heterocycles. The Kier molecular flexibility index (Phi) is 4.53. The van der Waals surface area contributed by atoms with Gasteiger partial charge in [-0.25, -0.2) is 5.43 Å². The van der Waals surface area contributed by atoms with Crippen molar-refractivity contribution in [2.75, 3.05) is 13.1 Å². The summed E-state index contributed by atoms with van der Waals surface area (Å²) in [6, 6.07) is 11.4. The van der Waals surface area contributed by atoms with Gasteiger partial charge in [-0.3, -0.25) is 10.3 Å². The number of hydrazine groups is 1. The second-order valence-corrected chi connectivity index (χ2v) is 6.80. The molecular formula is C15H22BrN3. The lowest BCUT2D eigenvalue weighted by molar-refractivity contribution is 0.156. The summed E-state index contributed by atoms with van der Waals surface area (Å²) >= 11 is 3.62. The normalized spacial score (nSPS) is 29.7. The van der Waals surface area contributed by atoms with Gasteiger partial charge < -0.3 is 0 Å². The molecule has 3 rings (SSSR count). The molecule has 2 aliphatic rings. The fourth-order valence-corrected chi connectivity index (χ4v) is 3.74. The fraction of sp³-hybridized carbons (Fsp3) is 0.600. The molecule has 4 heteroatoms. The van der Waals surface area contributed by atoms with E-state index < -0.39 is 0 Å². The highest BCUT2D eigenvalue weighted by Crippen LogP contribution is 2.27. The van der Waals surface area contributed by atoms with Crippen molar-refractivity contribution in [2.24, 2.45) is 5.92 Å². The summed E-state index contributed by atoms with van der Waals surface area (Å²) in [5, 5.41) is 0. The maximum Gasteiger partial charge on any atom is 0.0778 e. The highest BCUT2D eigenvalue weighted by molar-refractivity contribution is 9.09. The van der Waals surface area contributed by atoms with Crippen LogP contribution < -0.4 is 10.9 Å². The van der Waals surface area contributed by atoms with Gasteiger partial charge in [-0.15, -0.1) is 0 Å². The molecule has 0 aromatic heterocycles. The first kappa shape index (κ1) is 13.6. The molecule has 1 aromatic rings. The standard InChI is InChI=1S/C15H22BrN3/c16-15-10-14(17-18-15)13-6-8-19(9-7-13)11-12-4-2-1-3-5-12/h1-5,13-15,17-18H,6-11H2. The maximum absolute atomic E-state index is 3.62. The number of benzene rings is 1. The SMILES string of the molecule is BrC1CC(C2CCN(Cc3ccccc3)CC2)NN1. The first-order valence-electron chi connectivity index (χ1n) is 7.22. The maximum atomic E-state index is 3.62. The van der Waals surface area contributed by atoms with Crippen molar-refractivity contribution in [3.63, 3.8) is 0 Å². The van der Waals surface area contributed by atoms with E-state index in [2.05, 4.69) is 62.0 Å². The summed E-state index contributed by atoms with van der Waals surface area (Å²) in [4.78, 5) is 3.03. The molecule has 1 aromatic carbocycles. The van der Waals surface area contributed by atoms with Crippen molar-refractivity contribution in [1.82, 2.24) is 15.8 Å². The Morgan fingerprint density at radius 2 is 1.84 bits per heavy atom. The second-order valence-electron chi connectivity index (χ2n) is 5.70. The molecule has 19 heavy (non-hydrogen) atoms. The predicted molar refractivity (Wildman–Crippen MR) is 81.8 cm³/mol. The third-order valence-electron chi connectivity index (χ3n) is 4.34. The molecule has 0 aliphatic carbocycles. The van der Waals surface area contributed by atoms with E-state index in [1.165, 1.54) is 37.9 Å². The number of rotatable bonds is 3. The van der Waals surface area contributed by atoms with Gasteiger partial charge in [0, 0.05) is 12.6 Å². The van der Waals surface area contributed by atoms with Crippen molar-refractivity contribution >= 4 is 15.9 Å². The lowest BCUT2D eigenvalue weighted by Gasteiger charge is -2.34. The van der Waals surface area contributed by atoms with E-state index in [4.69, 9.17) is 0 Å². The average Bonchev–Trinajstić information content (AvgIpc) is 2.87. The van der Waals surface area contributed by atoms with Gasteiger partial charge in [-0.05, 0) is 43.8 Å². The van der Waals surface area contributed by atoms with Crippen molar-refractivity contribution in [1.29, 1.82) is 0 Å². The van der Waals surface area contributed by atoms with Crippen LogP contribution in [0.1, 0.15) is 24.8 Å². The van der Waals surface area contributed by atoms with Crippen LogP contribution in [0.4, 0.5) is 0 Å². The zero-order valence-corrected chi connectivity index (χ0v) is 12.8. The van der Waals surface area contributed by atoms with E-state index in [1.54, 1.807) is 0 Å². The first-order chi connectivity index (χ1) is 9.31. The van der Waals surface area contributed by atoms with Crippen molar-refractivity contribution in [3.05, 3.63) is 35.9 Å². The topological polar surface area (TPSA) is 27.3 Å². The molecule has 2 aliphatic heterocycles. The summed E-state index contributed by atoms with van der Waals surface area (Å²) < 4.78 is 0. The lowest BCUT2D eigenvalue weighted by Crippen LogP contribution is -2.42. The van der Waals surface area contributed by atoms with Crippen LogP contribution in [0, 0.1) is 5.92 Å². The zero-order chi connectivity index (χ0) is 13.1. The minimum atomic E-state index is 0.444. The van der Waals surface area contributed by atoms with Crippen LogP contribution in [-0.4, -0.2) is 29.0 Å². The number of nitrogens with one attached hydrogen (secondary N) is 2. The molecule has 2 saturated heterocycles. The van der Waals surface area contributed by atoms with Gasteiger partial charge in [0.1, 0.15) is 0 Å². The van der Waals surface area contributed by atoms with Crippen molar-refractivity contribution in [2.45, 2.75) is 36.8 Å². The Hall–Kier alpha value is -0.420. The largest absolute Gasteiger partial charge is 0.299 e. The number of hydrogen-bond donors (Lipinski definition) is 2. The third-order valence-corrected chi connectivity index (χ3v) is 4.94. The van der Waals surface area contributed by atoms with Crippen molar-refractivity contribution in [3.8, 4) is 0 Å². The second kappa shape index (κ2) is 6.35. The molecule has 0 amide bonds. The molecule has 0 spiro atoms. The number of hydrogen-bond acceptors (Lipinski definition) is 3. The molecule has 2 atom stereocenters. The number of likely N-dealkylation sites (tertiary alicyclic amines) is 1. The highest BCUT2D eigenvalue weighted by atomic mass is 79.9. The van der Waals surface area contributed by atoms with Gasteiger partial charge in [0.15, 0.2) is 0 Å². The summed E-state index contributed by atoms with van der Waals surface area (Å²) in [7, 11) is 0.